The second kappa shape index (κ2) is 4.75. The minimum Gasteiger partial charge on any atom is -0.288 e. The average molecular weight is 309 g/mol. The molecule has 0 saturated heterocycles. The molecule has 3 heteroatoms. The Morgan fingerprint density at radius 3 is 2.35 bits per heavy atom. The number of carbonyl (C=O) groups is 1. The van der Waals surface area contributed by atoms with Gasteiger partial charge in [0.25, 0.3) is 0 Å². The molecule has 0 aliphatic rings. The summed E-state index contributed by atoms with van der Waals surface area (Å²) in [6, 6.07) is 5.97. The van der Waals surface area contributed by atoms with Crippen molar-refractivity contribution in [2.75, 3.05) is 0 Å². The van der Waals surface area contributed by atoms with Crippen LogP contribution in [-0.2, 0) is 0 Å². The smallest absolute Gasteiger partial charge is 0.204 e. The lowest BCUT2D eigenvalue weighted by atomic mass is 9.97. The SMILES string of the molecule is Cc1cc(C)c(C(=O)c2sccc2Br)cc1C. The van der Waals surface area contributed by atoms with Crippen LogP contribution in [-0.4, -0.2) is 5.78 Å². The van der Waals surface area contributed by atoms with E-state index >= 15 is 0 Å². The quantitative estimate of drug-likeness (QED) is 0.737. The highest BCUT2D eigenvalue weighted by Gasteiger charge is 2.16. The van der Waals surface area contributed by atoms with E-state index in [2.05, 4.69) is 28.9 Å². The van der Waals surface area contributed by atoms with Crippen molar-refractivity contribution < 1.29 is 4.79 Å². The predicted molar refractivity (Wildman–Crippen MR) is 76.1 cm³/mol. The van der Waals surface area contributed by atoms with Crippen LogP contribution < -0.4 is 0 Å². The maximum absolute atomic E-state index is 12.4. The molecule has 0 radical (unpaired) electrons. The third-order valence-corrected chi connectivity index (χ3v) is 4.75. The van der Waals surface area contributed by atoms with Gasteiger partial charge in [0.2, 0.25) is 5.78 Å². The molecular weight excluding hydrogens is 296 g/mol. The summed E-state index contributed by atoms with van der Waals surface area (Å²) in [6.45, 7) is 6.09. The Morgan fingerprint density at radius 1 is 1.12 bits per heavy atom. The number of carbonyl (C=O) groups excluding carboxylic acids is 1. The second-order valence-electron chi connectivity index (χ2n) is 4.18. The van der Waals surface area contributed by atoms with Crippen molar-refractivity contribution in [2.24, 2.45) is 0 Å². The third-order valence-electron chi connectivity index (χ3n) is 2.91. The van der Waals surface area contributed by atoms with E-state index < -0.39 is 0 Å². The van der Waals surface area contributed by atoms with E-state index in [-0.39, 0.29) is 5.78 Å². The molecule has 1 aromatic carbocycles. The van der Waals surface area contributed by atoms with Crippen molar-refractivity contribution in [3.05, 3.63) is 55.2 Å². The maximum Gasteiger partial charge on any atom is 0.204 e. The van der Waals surface area contributed by atoms with Crippen LogP contribution in [0.15, 0.2) is 28.1 Å². The first-order valence-corrected chi connectivity index (χ1v) is 7.03. The van der Waals surface area contributed by atoms with Crippen molar-refractivity contribution in [1.29, 1.82) is 0 Å². The number of benzene rings is 1. The molecule has 0 bridgehead atoms. The summed E-state index contributed by atoms with van der Waals surface area (Å²) in [4.78, 5) is 13.2. The van der Waals surface area contributed by atoms with Crippen LogP contribution >= 0.6 is 27.3 Å². The van der Waals surface area contributed by atoms with Gasteiger partial charge in [0.05, 0.1) is 4.88 Å². The monoisotopic (exact) mass is 308 g/mol. The van der Waals surface area contributed by atoms with Gasteiger partial charge in [-0.05, 0) is 70.9 Å². The molecule has 0 fully saturated rings. The topological polar surface area (TPSA) is 17.1 Å². The predicted octanol–water partition coefficient (Wildman–Crippen LogP) is 4.67. The number of rotatable bonds is 2. The first kappa shape index (κ1) is 12.5. The van der Waals surface area contributed by atoms with E-state index in [0.29, 0.717) is 0 Å². The number of aryl methyl sites for hydroxylation is 3. The molecule has 1 nitrogen and oxygen atoms in total. The minimum absolute atomic E-state index is 0.104. The number of ketones is 1. The molecule has 0 aliphatic carbocycles. The average Bonchev–Trinajstić information content (AvgIpc) is 2.69. The van der Waals surface area contributed by atoms with Gasteiger partial charge in [-0.25, -0.2) is 0 Å². The van der Waals surface area contributed by atoms with E-state index in [0.717, 1.165) is 26.0 Å². The van der Waals surface area contributed by atoms with E-state index in [1.54, 1.807) is 0 Å². The molecule has 0 amide bonds. The van der Waals surface area contributed by atoms with Crippen molar-refractivity contribution in [1.82, 2.24) is 0 Å². The molecule has 0 N–H and O–H groups in total. The van der Waals surface area contributed by atoms with Crippen LogP contribution in [0.5, 0.6) is 0 Å². The first-order valence-electron chi connectivity index (χ1n) is 5.36. The standard InChI is InChI=1S/C14H13BrOS/c1-8-6-10(3)11(7-9(8)2)13(16)14-12(15)4-5-17-14/h4-7H,1-3H3. The molecule has 0 spiro atoms. The van der Waals surface area contributed by atoms with E-state index in [9.17, 15) is 4.79 Å². The molecule has 1 aromatic heterocycles. The van der Waals surface area contributed by atoms with Crippen LogP contribution in [0.2, 0.25) is 0 Å². The third kappa shape index (κ3) is 2.35. The zero-order chi connectivity index (χ0) is 12.6. The largest absolute Gasteiger partial charge is 0.288 e. The van der Waals surface area contributed by atoms with Gasteiger partial charge in [-0.3, -0.25) is 4.79 Å². The fourth-order valence-corrected chi connectivity index (χ4v) is 3.29. The summed E-state index contributed by atoms with van der Waals surface area (Å²) in [5, 5.41) is 1.92. The van der Waals surface area contributed by atoms with Crippen molar-refractivity contribution in [3.8, 4) is 0 Å². The summed E-state index contributed by atoms with van der Waals surface area (Å²) in [5.41, 5.74) is 4.23. The number of halogens is 1. The Hall–Kier alpha value is -0.930. The number of hydrogen-bond acceptors (Lipinski definition) is 2. The first-order chi connectivity index (χ1) is 8.00. The lowest BCUT2D eigenvalue weighted by Gasteiger charge is -2.08. The van der Waals surface area contributed by atoms with Gasteiger partial charge < -0.3 is 0 Å². The lowest BCUT2D eigenvalue weighted by molar-refractivity contribution is 0.104. The molecule has 0 atom stereocenters. The van der Waals surface area contributed by atoms with E-state index in [1.165, 1.54) is 16.9 Å². The highest BCUT2D eigenvalue weighted by atomic mass is 79.9. The van der Waals surface area contributed by atoms with Gasteiger partial charge in [0.1, 0.15) is 0 Å². The van der Waals surface area contributed by atoms with Crippen LogP contribution in [0.3, 0.4) is 0 Å². The zero-order valence-electron chi connectivity index (χ0n) is 10.0. The Balaban J connectivity index is 2.52. The van der Waals surface area contributed by atoms with Crippen molar-refractivity contribution >= 4 is 33.0 Å². The van der Waals surface area contributed by atoms with Gasteiger partial charge in [0, 0.05) is 10.0 Å². The Morgan fingerprint density at radius 2 is 1.76 bits per heavy atom. The lowest BCUT2D eigenvalue weighted by Crippen LogP contribution is -2.03. The van der Waals surface area contributed by atoms with Crippen LogP contribution in [0, 0.1) is 20.8 Å². The van der Waals surface area contributed by atoms with Gasteiger partial charge in [-0.15, -0.1) is 11.3 Å². The second-order valence-corrected chi connectivity index (χ2v) is 5.95. The summed E-state index contributed by atoms with van der Waals surface area (Å²) in [6.07, 6.45) is 0. The molecule has 2 rings (SSSR count). The molecule has 0 saturated carbocycles. The Labute approximate surface area is 114 Å². The Kier molecular flexibility index (Phi) is 3.50. The van der Waals surface area contributed by atoms with Gasteiger partial charge >= 0.3 is 0 Å². The fourth-order valence-electron chi connectivity index (χ4n) is 1.78. The highest BCUT2D eigenvalue weighted by molar-refractivity contribution is 9.10. The molecule has 0 unspecified atom stereocenters. The number of thiophene rings is 1. The highest BCUT2D eigenvalue weighted by Crippen LogP contribution is 2.27. The summed E-state index contributed by atoms with van der Waals surface area (Å²) >= 11 is 4.89. The van der Waals surface area contributed by atoms with Gasteiger partial charge in [-0.2, -0.15) is 0 Å². The van der Waals surface area contributed by atoms with Crippen molar-refractivity contribution in [2.45, 2.75) is 20.8 Å². The minimum atomic E-state index is 0.104. The molecule has 88 valence electrons. The van der Waals surface area contributed by atoms with Gasteiger partial charge in [-0.1, -0.05) is 6.07 Å². The van der Waals surface area contributed by atoms with Crippen LogP contribution in [0.1, 0.15) is 31.9 Å². The van der Waals surface area contributed by atoms with Crippen molar-refractivity contribution in [3.63, 3.8) is 0 Å². The summed E-state index contributed by atoms with van der Waals surface area (Å²) in [5.74, 6) is 0.104. The Bertz CT molecular complexity index is 584. The normalized spacial score (nSPS) is 10.6. The molecule has 0 aliphatic heterocycles. The van der Waals surface area contributed by atoms with E-state index in [1.807, 2.05) is 31.4 Å². The van der Waals surface area contributed by atoms with Crippen LogP contribution in [0.25, 0.3) is 0 Å². The molecular formula is C14H13BrOS. The molecule has 1 heterocycles. The van der Waals surface area contributed by atoms with Crippen LogP contribution in [0.4, 0.5) is 0 Å². The molecule has 2 aromatic rings. The zero-order valence-corrected chi connectivity index (χ0v) is 12.4. The fraction of sp³-hybridized carbons (Fsp3) is 0.214. The maximum atomic E-state index is 12.4. The van der Waals surface area contributed by atoms with Gasteiger partial charge in [0.15, 0.2) is 0 Å². The van der Waals surface area contributed by atoms with E-state index in [4.69, 9.17) is 0 Å². The molecule has 17 heavy (non-hydrogen) atoms. The summed E-state index contributed by atoms with van der Waals surface area (Å²) < 4.78 is 0.880. The summed E-state index contributed by atoms with van der Waals surface area (Å²) in [7, 11) is 0. The number of hydrogen-bond donors (Lipinski definition) is 0.